The molecule has 0 radical (unpaired) electrons. The van der Waals surface area contributed by atoms with Crippen LogP contribution in [0.5, 0.6) is 5.75 Å². The fraction of sp³-hybridized carbons (Fsp3) is 0.103. The molecule has 0 aliphatic heterocycles. The molecule has 0 saturated carbocycles. The second-order valence-electron chi connectivity index (χ2n) is 7.39. The van der Waals surface area contributed by atoms with E-state index < -0.39 is 5.97 Å². The van der Waals surface area contributed by atoms with Crippen molar-refractivity contribution in [1.82, 2.24) is 0 Å². The first-order valence-electron chi connectivity index (χ1n) is 10.8. The summed E-state index contributed by atoms with van der Waals surface area (Å²) in [5.74, 6) is -0.780. The lowest BCUT2D eigenvalue weighted by molar-refractivity contribution is -0.144. The Morgan fingerprint density at radius 1 is 0.559 bits per heavy atom. The number of ether oxygens (including phenoxy) is 2. The first-order chi connectivity index (χ1) is 16.6. The average molecular weight is 455 g/mol. The van der Waals surface area contributed by atoms with Crippen molar-refractivity contribution in [3.8, 4) is 5.75 Å². The minimum absolute atomic E-state index is 0.0643. The van der Waals surface area contributed by atoms with E-state index in [1.807, 2.05) is 91.0 Å². The van der Waals surface area contributed by atoms with Crippen LogP contribution in [-0.4, -0.2) is 17.0 Å². The summed E-state index contributed by atoms with van der Waals surface area (Å²) in [6.07, 6.45) is 0.327. The zero-order chi connectivity index (χ0) is 24.0. The molecule has 172 valence electrons. The number of carbonyl (C=O) groups excluding carboxylic acids is 2. The molecule has 5 heteroatoms. The van der Waals surface area contributed by atoms with E-state index in [-0.39, 0.29) is 23.9 Å². The van der Waals surface area contributed by atoms with Gasteiger partial charge < -0.3 is 14.6 Å². The normalized spacial score (nSPS) is 9.88. The van der Waals surface area contributed by atoms with E-state index in [0.717, 1.165) is 16.7 Å². The number of carbonyl (C=O) groups is 2. The van der Waals surface area contributed by atoms with Gasteiger partial charge in [0, 0.05) is 0 Å². The van der Waals surface area contributed by atoms with Crippen LogP contribution >= 0.6 is 0 Å². The van der Waals surface area contributed by atoms with E-state index in [2.05, 4.69) is 0 Å². The van der Waals surface area contributed by atoms with Gasteiger partial charge in [-0.05, 0) is 28.8 Å². The third kappa shape index (κ3) is 8.28. The number of para-hydroxylation sites is 1. The van der Waals surface area contributed by atoms with Crippen LogP contribution in [0.15, 0.2) is 115 Å². The molecule has 1 N–H and O–H groups in total. The predicted octanol–water partition coefficient (Wildman–Crippen LogP) is 5.72. The van der Waals surface area contributed by atoms with Crippen molar-refractivity contribution in [1.29, 1.82) is 0 Å². The topological polar surface area (TPSA) is 72.8 Å². The van der Waals surface area contributed by atoms with Crippen LogP contribution < -0.4 is 0 Å². The molecule has 0 spiro atoms. The van der Waals surface area contributed by atoms with Crippen molar-refractivity contribution in [3.05, 3.63) is 138 Å². The summed E-state index contributed by atoms with van der Waals surface area (Å²) in [4.78, 5) is 23.2. The zero-order valence-electron chi connectivity index (χ0n) is 18.7. The summed E-state index contributed by atoms with van der Waals surface area (Å²) >= 11 is 0. The van der Waals surface area contributed by atoms with Gasteiger partial charge in [-0.3, -0.25) is 4.79 Å². The maximum atomic E-state index is 11.7. The van der Waals surface area contributed by atoms with Gasteiger partial charge in [-0.1, -0.05) is 103 Å². The molecule has 0 aliphatic rings. The summed E-state index contributed by atoms with van der Waals surface area (Å²) in [6.45, 7) is 0.542. The number of phenolic OH excluding ortho intramolecular Hbond substituents is 1. The first kappa shape index (κ1) is 24.3. The van der Waals surface area contributed by atoms with Gasteiger partial charge in [0.2, 0.25) is 0 Å². The average Bonchev–Trinajstić information content (AvgIpc) is 2.88. The number of benzene rings is 4. The van der Waals surface area contributed by atoms with Gasteiger partial charge in [0.05, 0.1) is 6.42 Å². The van der Waals surface area contributed by atoms with Crippen LogP contribution in [0.1, 0.15) is 27.0 Å². The second-order valence-corrected chi connectivity index (χ2v) is 7.39. The van der Waals surface area contributed by atoms with E-state index in [1.54, 1.807) is 12.1 Å². The molecule has 0 bridgehead atoms. The summed E-state index contributed by atoms with van der Waals surface area (Å²) < 4.78 is 10.3. The van der Waals surface area contributed by atoms with Crippen molar-refractivity contribution < 1.29 is 24.2 Å². The van der Waals surface area contributed by atoms with Crippen LogP contribution in [0, 0.1) is 0 Å². The fourth-order valence-corrected chi connectivity index (χ4v) is 3.00. The number of rotatable bonds is 7. The first-order valence-corrected chi connectivity index (χ1v) is 10.8. The molecule has 5 nitrogen and oxygen atoms in total. The number of esters is 2. The lowest BCUT2D eigenvalue weighted by atomic mass is 10.1. The van der Waals surface area contributed by atoms with E-state index in [9.17, 15) is 14.7 Å². The quantitative estimate of drug-likeness (QED) is 0.362. The van der Waals surface area contributed by atoms with Crippen molar-refractivity contribution in [2.45, 2.75) is 19.6 Å². The van der Waals surface area contributed by atoms with Crippen LogP contribution in [0.4, 0.5) is 0 Å². The molecule has 0 aliphatic carbocycles. The van der Waals surface area contributed by atoms with Crippen molar-refractivity contribution in [3.63, 3.8) is 0 Å². The number of hydrogen-bond donors (Lipinski definition) is 1. The molecule has 0 fully saturated rings. The van der Waals surface area contributed by atoms with Crippen molar-refractivity contribution in [2.75, 3.05) is 0 Å². The Morgan fingerprint density at radius 2 is 1.00 bits per heavy atom. The van der Waals surface area contributed by atoms with Gasteiger partial charge in [0.1, 0.15) is 24.5 Å². The Kier molecular flexibility index (Phi) is 9.44. The minimum atomic E-state index is -0.521. The highest BCUT2D eigenvalue weighted by Gasteiger charge is 2.11. The molecule has 0 unspecified atom stereocenters. The fourth-order valence-electron chi connectivity index (χ4n) is 3.00. The lowest BCUT2D eigenvalue weighted by Crippen LogP contribution is -2.07. The van der Waals surface area contributed by atoms with Gasteiger partial charge in [-0.2, -0.15) is 0 Å². The Balaban J connectivity index is 0.000000191. The minimum Gasteiger partial charge on any atom is -0.507 e. The summed E-state index contributed by atoms with van der Waals surface area (Å²) in [5, 5.41) is 9.48. The number of hydrogen-bond acceptors (Lipinski definition) is 5. The van der Waals surface area contributed by atoms with Crippen LogP contribution in [0.3, 0.4) is 0 Å². The molecule has 4 aromatic carbocycles. The van der Waals surface area contributed by atoms with Crippen LogP contribution in [-0.2, 0) is 33.9 Å². The van der Waals surface area contributed by atoms with Crippen LogP contribution in [0.25, 0.3) is 0 Å². The molecule has 0 aromatic heterocycles. The standard InChI is InChI=1S/C15H14O2.C14H12O3/c16-15(11-13-7-3-1-4-8-13)17-12-14-9-5-2-6-10-14;15-13-9-5-4-8-12(13)14(16)17-10-11-6-2-1-3-7-11/h1-10H,11-12H2;1-9,15H,10H2. The van der Waals surface area contributed by atoms with E-state index in [0.29, 0.717) is 13.0 Å². The molecule has 0 saturated heterocycles. The smallest absolute Gasteiger partial charge is 0.342 e. The zero-order valence-corrected chi connectivity index (χ0v) is 18.7. The molecular formula is C29H26O5. The van der Waals surface area contributed by atoms with Crippen molar-refractivity contribution >= 4 is 11.9 Å². The van der Waals surface area contributed by atoms with E-state index in [4.69, 9.17) is 9.47 Å². The van der Waals surface area contributed by atoms with Gasteiger partial charge in [0.25, 0.3) is 0 Å². The summed E-state index contributed by atoms with van der Waals surface area (Å²) in [7, 11) is 0. The van der Waals surface area contributed by atoms with Crippen molar-refractivity contribution in [2.24, 2.45) is 0 Å². The lowest BCUT2D eigenvalue weighted by Gasteiger charge is -2.05. The summed E-state index contributed by atoms with van der Waals surface area (Å²) in [5.41, 5.74) is 3.08. The van der Waals surface area contributed by atoms with Crippen LogP contribution in [0.2, 0.25) is 0 Å². The summed E-state index contributed by atoms with van der Waals surface area (Å²) in [6, 6.07) is 35.0. The Bertz CT molecular complexity index is 1160. The molecule has 4 aromatic rings. The largest absolute Gasteiger partial charge is 0.507 e. The molecule has 0 heterocycles. The highest BCUT2D eigenvalue weighted by molar-refractivity contribution is 5.92. The van der Waals surface area contributed by atoms with Gasteiger partial charge in [0.15, 0.2) is 0 Å². The molecule has 0 atom stereocenters. The monoisotopic (exact) mass is 454 g/mol. The van der Waals surface area contributed by atoms with Gasteiger partial charge >= 0.3 is 11.9 Å². The predicted molar refractivity (Wildman–Crippen MR) is 130 cm³/mol. The highest BCUT2D eigenvalue weighted by Crippen LogP contribution is 2.17. The molecule has 34 heavy (non-hydrogen) atoms. The molecular weight excluding hydrogens is 428 g/mol. The number of phenols is 1. The Hall–Kier alpha value is -4.38. The third-order valence-electron chi connectivity index (χ3n) is 4.77. The Morgan fingerprint density at radius 3 is 1.53 bits per heavy atom. The van der Waals surface area contributed by atoms with E-state index >= 15 is 0 Å². The maximum absolute atomic E-state index is 11.7. The third-order valence-corrected chi connectivity index (χ3v) is 4.77. The van der Waals surface area contributed by atoms with Gasteiger partial charge in [-0.15, -0.1) is 0 Å². The second kappa shape index (κ2) is 13.2. The highest BCUT2D eigenvalue weighted by atomic mass is 16.5. The van der Waals surface area contributed by atoms with Gasteiger partial charge in [-0.25, -0.2) is 4.79 Å². The maximum Gasteiger partial charge on any atom is 0.342 e. The Labute approximate surface area is 199 Å². The van der Waals surface area contributed by atoms with E-state index in [1.165, 1.54) is 12.1 Å². The molecule has 4 rings (SSSR count). The SMILES string of the molecule is O=C(Cc1ccccc1)OCc1ccccc1.O=C(OCc1ccccc1)c1ccccc1O. The molecule has 0 amide bonds. The number of aromatic hydroxyl groups is 1.